The fourth-order valence-electron chi connectivity index (χ4n) is 5.12. The molecule has 0 spiro atoms. The molecule has 3 rings (SSSR count). The van der Waals surface area contributed by atoms with E-state index in [0.29, 0.717) is 6.04 Å². The minimum atomic E-state index is 0.259. The van der Waals surface area contributed by atoms with Gasteiger partial charge in [-0.25, -0.2) is 0 Å². The monoisotopic (exact) mass is 321 g/mol. The summed E-state index contributed by atoms with van der Waals surface area (Å²) in [4.78, 5) is 18.8. The molecule has 0 bridgehead atoms. The van der Waals surface area contributed by atoms with Gasteiger partial charge in [0.2, 0.25) is 5.91 Å². The van der Waals surface area contributed by atoms with Gasteiger partial charge in [0.25, 0.3) is 0 Å². The van der Waals surface area contributed by atoms with Gasteiger partial charge in [-0.2, -0.15) is 0 Å². The van der Waals surface area contributed by atoms with Gasteiger partial charge in [-0.05, 0) is 70.0 Å². The number of hydrogen-bond acceptors (Lipinski definition) is 3. The fraction of sp³-hybridized carbons (Fsp3) is 0.947. The van der Waals surface area contributed by atoms with Crippen molar-refractivity contribution >= 4 is 5.91 Å². The zero-order chi connectivity index (χ0) is 16.6. The molecule has 3 fully saturated rings. The van der Waals surface area contributed by atoms with Gasteiger partial charge < -0.3 is 9.80 Å². The zero-order valence-electron chi connectivity index (χ0n) is 15.5. The lowest BCUT2D eigenvalue weighted by Crippen LogP contribution is -2.38. The molecule has 4 atom stereocenters. The highest BCUT2D eigenvalue weighted by atomic mass is 16.2. The van der Waals surface area contributed by atoms with E-state index in [-0.39, 0.29) is 5.91 Å². The van der Waals surface area contributed by atoms with E-state index >= 15 is 0 Å². The van der Waals surface area contributed by atoms with E-state index in [9.17, 15) is 4.79 Å². The first kappa shape index (κ1) is 17.2. The van der Waals surface area contributed by atoms with E-state index in [1.807, 2.05) is 0 Å². The average molecular weight is 322 g/mol. The third-order valence-corrected chi connectivity index (χ3v) is 6.86. The topological polar surface area (TPSA) is 26.8 Å². The van der Waals surface area contributed by atoms with Crippen molar-refractivity contribution in [2.75, 3.05) is 46.3 Å². The molecule has 132 valence electrons. The molecule has 0 aromatic rings. The summed E-state index contributed by atoms with van der Waals surface area (Å²) in [6.07, 6.45) is 4.09. The molecular formula is C19H35N3O. The quantitative estimate of drug-likeness (QED) is 0.794. The third kappa shape index (κ3) is 3.90. The van der Waals surface area contributed by atoms with Crippen LogP contribution in [0.1, 0.15) is 40.0 Å². The standard InChI is InChI=1S/C19H35N3O/c1-14(17-5-7-20(4)8-6-17)9-15(2)21-10-18-12-22(16(3)23)13-19(18)11-21/h14-15,17-19H,5-13H2,1-4H3. The molecule has 3 aliphatic heterocycles. The molecule has 0 aromatic carbocycles. The number of rotatable bonds is 4. The van der Waals surface area contributed by atoms with Crippen molar-refractivity contribution in [3.8, 4) is 0 Å². The molecule has 0 N–H and O–H groups in total. The Morgan fingerprint density at radius 1 is 1.04 bits per heavy atom. The first-order valence-corrected chi connectivity index (χ1v) is 9.62. The molecule has 4 nitrogen and oxygen atoms in total. The van der Waals surface area contributed by atoms with Crippen LogP contribution < -0.4 is 0 Å². The predicted molar refractivity (Wildman–Crippen MR) is 94.3 cm³/mol. The lowest BCUT2D eigenvalue weighted by Gasteiger charge is -2.35. The summed E-state index contributed by atoms with van der Waals surface area (Å²) in [6.45, 7) is 13.6. The Balaban J connectivity index is 1.45. The smallest absolute Gasteiger partial charge is 0.219 e. The second-order valence-corrected chi connectivity index (χ2v) is 8.60. The Bertz CT molecular complexity index is 405. The third-order valence-electron chi connectivity index (χ3n) is 6.86. The molecule has 3 aliphatic rings. The SMILES string of the molecule is CC(=O)N1CC2CN(C(C)CC(C)C3CCN(C)CC3)CC2C1. The van der Waals surface area contributed by atoms with E-state index in [2.05, 4.69) is 35.6 Å². The minimum absolute atomic E-state index is 0.259. The second kappa shape index (κ2) is 7.10. The Morgan fingerprint density at radius 2 is 1.61 bits per heavy atom. The highest BCUT2D eigenvalue weighted by Gasteiger charge is 2.42. The highest BCUT2D eigenvalue weighted by Crippen LogP contribution is 2.34. The Hall–Kier alpha value is -0.610. The van der Waals surface area contributed by atoms with E-state index in [0.717, 1.165) is 36.8 Å². The van der Waals surface area contributed by atoms with Crippen LogP contribution in [-0.2, 0) is 4.79 Å². The molecule has 0 saturated carbocycles. The van der Waals surface area contributed by atoms with Crippen LogP contribution in [0, 0.1) is 23.7 Å². The summed E-state index contributed by atoms with van der Waals surface area (Å²) in [7, 11) is 2.25. The molecule has 0 aromatic heterocycles. The number of carbonyl (C=O) groups excluding carboxylic acids is 1. The number of piperidine rings is 1. The van der Waals surface area contributed by atoms with Gasteiger partial charge in [-0.1, -0.05) is 6.92 Å². The van der Waals surface area contributed by atoms with Gasteiger partial charge in [-0.3, -0.25) is 9.69 Å². The molecule has 3 saturated heterocycles. The molecule has 0 radical (unpaired) electrons. The summed E-state index contributed by atoms with van der Waals surface area (Å²) < 4.78 is 0. The average Bonchev–Trinajstić information content (AvgIpc) is 3.06. The number of likely N-dealkylation sites (tertiary alicyclic amines) is 3. The van der Waals surface area contributed by atoms with Crippen molar-refractivity contribution < 1.29 is 4.79 Å². The lowest BCUT2D eigenvalue weighted by molar-refractivity contribution is -0.128. The summed E-state index contributed by atoms with van der Waals surface area (Å²) in [6, 6.07) is 0.695. The summed E-state index contributed by atoms with van der Waals surface area (Å²) in [5, 5.41) is 0. The molecule has 4 heteroatoms. The van der Waals surface area contributed by atoms with Crippen LogP contribution in [0.5, 0.6) is 0 Å². The van der Waals surface area contributed by atoms with Gasteiger partial charge in [0.1, 0.15) is 0 Å². The van der Waals surface area contributed by atoms with Crippen molar-refractivity contribution in [1.29, 1.82) is 0 Å². The summed E-state index contributed by atoms with van der Waals surface area (Å²) in [5.41, 5.74) is 0. The fourth-order valence-corrected chi connectivity index (χ4v) is 5.12. The first-order valence-electron chi connectivity index (χ1n) is 9.62. The number of hydrogen-bond donors (Lipinski definition) is 0. The van der Waals surface area contributed by atoms with Crippen LogP contribution >= 0.6 is 0 Å². The number of carbonyl (C=O) groups is 1. The molecular weight excluding hydrogens is 286 g/mol. The number of amides is 1. The van der Waals surface area contributed by atoms with E-state index in [1.165, 1.54) is 45.4 Å². The number of nitrogens with zero attached hydrogens (tertiary/aromatic N) is 3. The minimum Gasteiger partial charge on any atom is -0.342 e. The Kier molecular flexibility index (Phi) is 5.32. The van der Waals surface area contributed by atoms with E-state index < -0.39 is 0 Å². The largest absolute Gasteiger partial charge is 0.342 e. The maximum Gasteiger partial charge on any atom is 0.219 e. The van der Waals surface area contributed by atoms with Crippen LogP contribution in [0.3, 0.4) is 0 Å². The van der Waals surface area contributed by atoms with Crippen LogP contribution in [0.4, 0.5) is 0 Å². The summed E-state index contributed by atoms with van der Waals surface area (Å²) in [5.74, 6) is 3.46. The van der Waals surface area contributed by atoms with Crippen LogP contribution in [0.2, 0.25) is 0 Å². The summed E-state index contributed by atoms with van der Waals surface area (Å²) >= 11 is 0. The van der Waals surface area contributed by atoms with Crippen LogP contribution in [0.15, 0.2) is 0 Å². The van der Waals surface area contributed by atoms with Gasteiger partial charge in [0, 0.05) is 39.1 Å². The zero-order valence-corrected chi connectivity index (χ0v) is 15.5. The predicted octanol–water partition coefficient (Wildman–Crippen LogP) is 2.15. The van der Waals surface area contributed by atoms with Crippen molar-refractivity contribution in [3.63, 3.8) is 0 Å². The lowest BCUT2D eigenvalue weighted by atomic mass is 9.82. The molecule has 1 amide bonds. The van der Waals surface area contributed by atoms with Crippen molar-refractivity contribution in [2.24, 2.45) is 23.7 Å². The Labute approximate surface area is 142 Å². The maximum absolute atomic E-state index is 11.5. The van der Waals surface area contributed by atoms with Crippen LogP contribution in [0.25, 0.3) is 0 Å². The van der Waals surface area contributed by atoms with Gasteiger partial charge in [0.15, 0.2) is 0 Å². The first-order chi connectivity index (χ1) is 10.9. The highest BCUT2D eigenvalue weighted by molar-refractivity contribution is 5.73. The van der Waals surface area contributed by atoms with Gasteiger partial charge in [-0.15, -0.1) is 0 Å². The van der Waals surface area contributed by atoms with Crippen molar-refractivity contribution in [1.82, 2.24) is 14.7 Å². The van der Waals surface area contributed by atoms with Crippen molar-refractivity contribution in [3.05, 3.63) is 0 Å². The molecule has 23 heavy (non-hydrogen) atoms. The van der Waals surface area contributed by atoms with Crippen LogP contribution in [-0.4, -0.2) is 73.0 Å². The molecule has 4 unspecified atom stereocenters. The molecule has 3 heterocycles. The van der Waals surface area contributed by atoms with E-state index in [1.54, 1.807) is 6.92 Å². The van der Waals surface area contributed by atoms with E-state index in [4.69, 9.17) is 0 Å². The maximum atomic E-state index is 11.5. The van der Waals surface area contributed by atoms with Crippen molar-refractivity contribution in [2.45, 2.75) is 46.1 Å². The van der Waals surface area contributed by atoms with Gasteiger partial charge in [0.05, 0.1) is 0 Å². The molecule has 0 aliphatic carbocycles. The normalized spacial score (nSPS) is 33.0. The number of fused-ring (bicyclic) bond motifs is 1. The second-order valence-electron chi connectivity index (χ2n) is 8.60. The van der Waals surface area contributed by atoms with Gasteiger partial charge >= 0.3 is 0 Å². The Morgan fingerprint density at radius 3 is 2.13 bits per heavy atom.